The monoisotopic (exact) mass is 666 g/mol. The van der Waals surface area contributed by atoms with E-state index in [-0.39, 0.29) is 6.54 Å². The Morgan fingerprint density at radius 2 is 0.571 bits per heavy atom. The zero-order valence-corrected chi connectivity index (χ0v) is 22.1. The van der Waals surface area contributed by atoms with Crippen molar-refractivity contribution in [1.29, 1.82) is 0 Å². The van der Waals surface area contributed by atoms with Gasteiger partial charge in [-0.3, -0.25) is 0 Å². The van der Waals surface area contributed by atoms with E-state index < -0.39 is 42.1 Å². The van der Waals surface area contributed by atoms with Crippen LogP contribution in [0.3, 0.4) is 0 Å². The molecule has 0 heterocycles. The molecule has 0 unspecified atom stereocenters. The van der Waals surface area contributed by atoms with Crippen LogP contribution in [0, 0.1) is 23.3 Å². The Kier molecular flexibility index (Phi) is 6.06. The van der Waals surface area contributed by atoms with Crippen LogP contribution in [0.1, 0.15) is 0 Å². The molecule has 0 aromatic heterocycles. The summed E-state index contributed by atoms with van der Waals surface area (Å²) in [5.74, 6) is -3.34. The van der Waals surface area contributed by atoms with Gasteiger partial charge in [-0.15, -0.1) is 0 Å². The Bertz CT molecular complexity index is 1290. The van der Waals surface area contributed by atoms with E-state index in [2.05, 4.69) is 0 Å². The minimum atomic E-state index is -6.43. The van der Waals surface area contributed by atoms with Gasteiger partial charge in [0, 0.05) is 0 Å². The van der Waals surface area contributed by atoms with Gasteiger partial charge >= 0.3 is 203 Å². The number of rotatable bonds is 5. The van der Waals surface area contributed by atoms with Gasteiger partial charge in [0.05, 0.1) is 0 Å². The third kappa shape index (κ3) is 3.21. The summed E-state index contributed by atoms with van der Waals surface area (Å²) in [6.45, 7) is 0. The molecular weight excluding hydrogens is 645 g/mol. The number of hydrogen-bond donors (Lipinski definition) is 0. The van der Waals surface area contributed by atoms with E-state index in [0.717, 1.165) is 0 Å². The van der Waals surface area contributed by atoms with Gasteiger partial charge in [0.25, 0.3) is 0 Å². The molecule has 0 nitrogen and oxygen atoms in total. The van der Waals surface area contributed by atoms with Crippen LogP contribution in [0.4, 0.5) is 17.6 Å². The quantitative estimate of drug-likeness (QED) is 0.192. The zero-order chi connectivity index (χ0) is 24.5. The van der Waals surface area contributed by atoms with Crippen LogP contribution in [0.5, 0.6) is 0 Å². The fourth-order valence-corrected chi connectivity index (χ4v) is 32.5. The first-order valence-corrected chi connectivity index (χ1v) is 19.8. The molecule has 0 amide bonds. The summed E-state index contributed by atoms with van der Waals surface area (Å²) in [4.78, 5) is 0. The van der Waals surface area contributed by atoms with Gasteiger partial charge in [0.2, 0.25) is 0 Å². The van der Waals surface area contributed by atoms with Crippen LogP contribution in [-0.2, 0) is 0 Å². The predicted octanol–water partition coefficient (Wildman–Crippen LogP) is 4.48. The molecule has 0 N–H and O–H groups in total. The average molecular weight is 666 g/mol. The van der Waals surface area contributed by atoms with Gasteiger partial charge in [0.15, 0.2) is 0 Å². The van der Waals surface area contributed by atoms with E-state index in [1.807, 2.05) is 0 Å². The first-order valence-electron chi connectivity index (χ1n) is 11.1. The van der Waals surface area contributed by atoms with Crippen LogP contribution in [0.2, 0.25) is 0 Å². The number of benzene rings is 5. The molecule has 5 rings (SSSR count). The molecule has 0 radical (unpaired) electrons. The van der Waals surface area contributed by atoms with Gasteiger partial charge in [-0.25, -0.2) is 0 Å². The van der Waals surface area contributed by atoms with Crippen molar-refractivity contribution in [2.45, 2.75) is 0 Å². The molecule has 5 heteroatoms. The Balaban J connectivity index is 2.27. The summed E-state index contributed by atoms with van der Waals surface area (Å²) in [5.41, 5.74) is 0. The first-order chi connectivity index (χ1) is 17.0. The minimum absolute atomic E-state index is 0.272. The van der Waals surface area contributed by atoms with Crippen molar-refractivity contribution < 1.29 is 17.6 Å². The van der Waals surface area contributed by atoms with Crippen molar-refractivity contribution in [3.05, 3.63) is 151 Å². The van der Waals surface area contributed by atoms with Crippen LogP contribution >= 0.6 is 0 Å². The summed E-state index contributed by atoms with van der Waals surface area (Å²) in [7, 11) is 0. The zero-order valence-electron chi connectivity index (χ0n) is 18.6. The molecule has 0 saturated heterocycles. The number of halogens is 4. The molecule has 174 valence electrons. The van der Waals surface area contributed by atoms with E-state index in [0.29, 0.717) is 9.81 Å². The number of hydrogen-bond acceptors (Lipinski definition) is 0. The van der Waals surface area contributed by atoms with Gasteiger partial charge < -0.3 is 0 Å². The summed E-state index contributed by atoms with van der Waals surface area (Å²) < 4.78 is 65.6. The maximum absolute atomic E-state index is 16.2. The Morgan fingerprint density at radius 1 is 0.314 bits per heavy atom. The van der Waals surface area contributed by atoms with E-state index in [9.17, 15) is 0 Å². The second kappa shape index (κ2) is 9.05. The molecule has 0 aliphatic heterocycles. The van der Waals surface area contributed by atoms with Gasteiger partial charge in [-0.05, 0) is 0 Å². The summed E-state index contributed by atoms with van der Waals surface area (Å²) in [5, 5.41) is 0. The second-order valence-electron chi connectivity index (χ2n) is 8.27. The van der Waals surface area contributed by atoms with Gasteiger partial charge in [-0.1, -0.05) is 0 Å². The van der Waals surface area contributed by atoms with E-state index in [4.69, 9.17) is 0 Å². The third-order valence-corrected chi connectivity index (χ3v) is 32.4. The van der Waals surface area contributed by atoms with Crippen molar-refractivity contribution in [2.24, 2.45) is 0 Å². The summed E-state index contributed by atoms with van der Waals surface area (Å²) in [6.07, 6.45) is 0. The second-order valence-corrected chi connectivity index (χ2v) is 26.5. The average Bonchev–Trinajstić information content (AvgIpc) is 2.89. The van der Waals surface area contributed by atoms with Crippen molar-refractivity contribution in [3.8, 4) is 0 Å². The molecule has 0 fully saturated rings. The standard InChI is InChI=1S/2C6H3F2.3C6H5.Bi/c2*7-5-2-1-3-6(8)4-5;3*1-2-4-6-5-3-1;/h2*1-3H;3*1-5H;. The summed E-state index contributed by atoms with van der Waals surface area (Å²) >= 11 is -6.43. The molecule has 0 aliphatic rings. The predicted molar refractivity (Wildman–Crippen MR) is 136 cm³/mol. The molecule has 0 spiro atoms. The molecule has 0 atom stereocenters. The van der Waals surface area contributed by atoms with Crippen molar-refractivity contribution >= 4 is 35.1 Å². The Morgan fingerprint density at radius 3 is 0.829 bits per heavy atom. The maximum atomic E-state index is 16.2. The molecule has 35 heavy (non-hydrogen) atoms. The van der Waals surface area contributed by atoms with E-state index >= 15 is 17.6 Å². The van der Waals surface area contributed by atoms with Crippen LogP contribution in [-0.4, -0.2) is 18.8 Å². The molecule has 0 aliphatic carbocycles. The van der Waals surface area contributed by atoms with E-state index in [1.165, 1.54) is 36.4 Å². The SMILES string of the molecule is Fc1cccc(F)[c]1[Bi]([c]1ccccc1)([c]1ccccc1)([c]1ccccc1)[c]1c(F)cccc1F. The summed E-state index contributed by atoms with van der Waals surface area (Å²) in [6, 6.07) is 33.5. The van der Waals surface area contributed by atoms with Crippen LogP contribution in [0.25, 0.3) is 0 Å². The van der Waals surface area contributed by atoms with E-state index in [1.54, 1.807) is 91.0 Å². The molecule has 5 aromatic carbocycles. The molecule has 5 aromatic rings. The normalized spacial score (nSPS) is 12.6. The van der Waals surface area contributed by atoms with Crippen LogP contribution in [0.15, 0.2) is 127 Å². The fraction of sp³-hybridized carbons (Fsp3) is 0. The fourth-order valence-electron chi connectivity index (χ4n) is 5.34. The van der Waals surface area contributed by atoms with Crippen molar-refractivity contribution in [3.63, 3.8) is 0 Å². The van der Waals surface area contributed by atoms with Crippen molar-refractivity contribution in [2.75, 3.05) is 0 Å². The van der Waals surface area contributed by atoms with Crippen molar-refractivity contribution in [1.82, 2.24) is 0 Å². The third-order valence-electron chi connectivity index (χ3n) is 6.59. The molecular formula is C30H21BiF4. The molecule has 0 bridgehead atoms. The first kappa shape index (κ1) is 23.4. The Hall–Kier alpha value is -3.30. The Labute approximate surface area is 202 Å². The topological polar surface area (TPSA) is 0 Å². The van der Waals surface area contributed by atoms with Crippen LogP contribution < -0.4 is 16.4 Å². The molecule has 0 saturated carbocycles. The van der Waals surface area contributed by atoms with Gasteiger partial charge in [-0.2, -0.15) is 0 Å². The van der Waals surface area contributed by atoms with Gasteiger partial charge in [0.1, 0.15) is 0 Å².